The zero-order chi connectivity index (χ0) is 12.7. The molecule has 0 saturated carbocycles. The van der Waals surface area contributed by atoms with E-state index >= 15 is 0 Å². The Labute approximate surface area is 106 Å². The number of aryl methyl sites for hydroxylation is 1. The van der Waals surface area contributed by atoms with Crippen LogP contribution in [0.25, 0.3) is 0 Å². The van der Waals surface area contributed by atoms with Crippen LogP contribution in [0.15, 0.2) is 24.3 Å². The Morgan fingerprint density at radius 2 is 1.82 bits per heavy atom. The molecule has 0 saturated heterocycles. The van der Waals surface area contributed by atoms with Gasteiger partial charge in [0.1, 0.15) is 0 Å². The Kier molecular flexibility index (Phi) is 6.23. The maximum Gasteiger partial charge on any atom is 0.0467 e. The van der Waals surface area contributed by atoms with Crippen molar-refractivity contribution in [2.24, 2.45) is 5.73 Å². The summed E-state index contributed by atoms with van der Waals surface area (Å²) in [4.78, 5) is 2.37. The molecule has 1 aromatic rings. The van der Waals surface area contributed by atoms with Crippen molar-refractivity contribution < 1.29 is 0 Å². The Morgan fingerprint density at radius 3 is 2.29 bits per heavy atom. The Bertz CT molecular complexity index is 305. The van der Waals surface area contributed by atoms with Gasteiger partial charge in [0.05, 0.1) is 0 Å². The van der Waals surface area contributed by atoms with Gasteiger partial charge in [0.15, 0.2) is 0 Å². The fourth-order valence-corrected chi connectivity index (χ4v) is 2.11. The molecule has 0 spiro atoms. The van der Waals surface area contributed by atoms with E-state index in [9.17, 15) is 0 Å². The van der Waals surface area contributed by atoms with Crippen molar-refractivity contribution in [1.29, 1.82) is 0 Å². The molecule has 0 aliphatic heterocycles. The van der Waals surface area contributed by atoms with Crippen LogP contribution in [0.4, 0.5) is 0 Å². The average Bonchev–Trinajstić information content (AvgIpc) is 2.38. The van der Waals surface area contributed by atoms with E-state index in [2.05, 4.69) is 50.1 Å². The predicted octanol–water partition coefficient (Wildman–Crippen LogP) is 2.98. The van der Waals surface area contributed by atoms with Gasteiger partial charge >= 0.3 is 0 Å². The smallest absolute Gasteiger partial charge is 0.0467 e. The first kappa shape index (κ1) is 14.2. The summed E-state index contributed by atoms with van der Waals surface area (Å²) >= 11 is 0. The van der Waals surface area contributed by atoms with Crippen LogP contribution in [0.2, 0.25) is 0 Å². The van der Waals surface area contributed by atoms with Crippen LogP contribution in [0, 0.1) is 0 Å². The van der Waals surface area contributed by atoms with Gasteiger partial charge in [-0.1, -0.05) is 44.5 Å². The highest BCUT2D eigenvalue weighted by Crippen LogP contribution is 2.19. The van der Waals surface area contributed by atoms with E-state index in [-0.39, 0.29) is 0 Å². The number of benzene rings is 1. The van der Waals surface area contributed by atoms with E-state index in [1.165, 1.54) is 24.0 Å². The molecule has 0 fully saturated rings. The van der Waals surface area contributed by atoms with Gasteiger partial charge in [-0.15, -0.1) is 0 Å². The molecule has 1 aromatic carbocycles. The van der Waals surface area contributed by atoms with Crippen molar-refractivity contribution in [3.8, 4) is 0 Å². The Hall–Kier alpha value is -0.860. The summed E-state index contributed by atoms with van der Waals surface area (Å²) in [6, 6.07) is 9.22. The largest absolute Gasteiger partial charge is 0.329 e. The molecule has 2 heteroatoms. The summed E-state index contributed by atoms with van der Waals surface area (Å²) in [5.74, 6) is 0. The number of rotatable bonds is 7. The van der Waals surface area contributed by atoms with Crippen molar-refractivity contribution >= 4 is 0 Å². The summed E-state index contributed by atoms with van der Waals surface area (Å²) in [5, 5.41) is 0. The summed E-state index contributed by atoms with van der Waals surface area (Å²) in [6.07, 6.45) is 3.57. The van der Waals surface area contributed by atoms with Gasteiger partial charge in [-0.05, 0) is 37.6 Å². The van der Waals surface area contributed by atoms with Crippen LogP contribution in [-0.2, 0) is 6.42 Å². The molecule has 0 amide bonds. The molecule has 1 rings (SSSR count). The molecule has 17 heavy (non-hydrogen) atoms. The molecule has 0 radical (unpaired) electrons. The molecule has 1 atom stereocenters. The lowest BCUT2D eigenvalue weighted by Gasteiger charge is -2.27. The minimum absolute atomic E-state index is 0.354. The lowest BCUT2D eigenvalue weighted by atomic mass is 10.0. The van der Waals surface area contributed by atoms with Crippen LogP contribution in [-0.4, -0.2) is 25.0 Å². The SMILES string of the molecule is CCCCN(C)C(CN)c1ccc(CC)cc1. The Balaban J connectivity index is 2.70. The van der Waals surface area contributed by atoms with E-state index < -0.39 is 0 Å². The van der Waals surface area contributed by atoms with Gasteiger partial charge in [-0.3, -0.25) is 4.90 Å². The first-order valence-corrected chi connectivity index (χ1v) is 6.72. The minimum Gasteiger partial charge on any atom is -0.329 e. The van der Waals surface area contributed by atoms with Crippen LogP contribution in [0.3, 0.4) is 0 Å². The molecule has 0 bridgehead atoms. The van der Waals surface area contributed by atoms with Crippen molar-refractivity contribution in [3.63, 3.8) is 0 Å². The molecule has 96 valence electrons. The van der Waals surface area contributed by atoms with Gasteiger partial charge < -0.3 is 5.73 Å². The van der Waals surface area contributed by atoms with Gasteiger partial charge in [0.2, 0.25) is 0 Å². The molecule has 2 nitrogen and oxygen atoms in total. The number of likely N-dealkylation sites (N-methyl/N-ethyl adjacent to an activating group) is 1. The maximum atomic E-state index is 5.91. The van der Waals surface area contributed by atoms with Gasteiger partial charge in [0, 0.05) is 12.6 Å². The molecule has 0 aliphatic rings. The van der Waals surface area contributed by atoms with E-state index in [0.717, 1.165) is 13.0 Å². The second kappa shape index (κ2) is 7.46. The van der Waals surface area contributed by atoms with E-state index in [4.69, 9.17) is 5.73 Å². The first-order valence-electron chi connectivity index (χ1n) is 6.72. The number of hydrogen-bond donors (Lipinski definition) is 1. The molecular formula is C15H26N2. The standard InChI is InChI=1S/C15H26N2/c1-4-6-11-17(3)15(12-16)14-9-7-13(5-2)8-10-14/h7-10,15H,4-6,11-12,16H2,1-3H3. The predicted molar refractivity (Wildman–Crippen MR) is 75.2 cm³/mol. The monoisotopic (exact) mass is 234 g/mol. The fraction of sp³-hybridized carbons (Fsp3) is 0.600. The normalized spacial score (nSPS) is 13.0. The molecule has 1 unspecified atom stereocenters. The highest BCUT2D eigenvalue weighted by atomic mass is 15.1. The van der Waals surface area contributed by atoms with Gasteiger partial charge in [0.25, 0.3) is 0 Å². The third kappa shape index (κ3) is 4.14. The first-order chi connectivity index (χ1) is 8.22. The zero-order valence-electron chi connectivity index (χ0n) is 11.4. The van der Waals surface area contributed by atoms with Crippen LogP contribution < -0.4 is 5.73 Å². The van der Waals surface area contributed by atoms with E-state index in [0.29, 0.717) is 12.6 Å². The molecule has 2 N–H and O–H groups in total. The lowest BCUT2D eigenvalue weighted by Crippen LogP contribution is -2.31. The Morgan fingerprint density at radius 1 is 1.18 bits per heavy atom. The number of hydrogen-bond acceptors (Lipinski definition) is 2. The number of unbranched alkanes of at least 4 members (excludes halogenated alkanes) is 1. The highest BCUT2D eigenvalue weighted by molar-refractivity contribution is 5.25. The molecular weight excluding hydrogens is 208 g/mol. The lowest BCUT2D eigenvalue weighted by molar-refractivity contribution is 0.246. The van der Waals surface area contributed by atoms with Crippen molar-refractivity contribution in [3.05, 3.63) is 35.4 Å². The van der Waals surface area contributed by atoms with Gasteiger partial charge in [-0.25, -0.2) is 0 Å². The van der Waals surface area contributed by atoms with Crippen molar-refractivity contribution in [2.45, 2.75) is 39.2 Å². The van der Waals surface area contributed by atoms with Crippen molar-refractivity contribution in [2.75, 3.05) is 20.1 Å². The maximum absolute atomic E-state index is 5.91. The van der Waals surface area contributed by atoms with Crippen LogP contribution in [0.5, 0.6) is 0 Å². The summed E-state index contributed by atoms with van der Waals surface area (Å²) in [7, 11) is 2.17. The van der Waals surface area contributed by atoms with Crippen LogP contribution >= 0.6 is 0 Å². The third-order valence-electron chi connectivity index (χ3n) is 3.39. The second-order valence-electron chi connectivity index (χ2n) is 4.68. The molecule has 0 aromatic heterocycles. The van der Waals surface area contributed by atoms with Crippen molar-refractivity contribution in [1.82, 2.24) is 4.90 Å². The fourth-order valence-electron chi connectivity index (χ4n) is 2.11. The van der Waals surface area contributed by atoms with Gasteiger partial charge in [-0.2, -0.15) is 0 Å². The molecule has 0 aliphatic carbocycles. The van der Waals surface area contributed by atoms with Crippen LogP contribution in [0.1, 0.15) is 43.9 Å². The summed E-state index contributed by atoms with van der Waals surface area (Å²) in [5.41, 5.74) is 8.63. The zero-order valence-corrected chi connectivity index (χ0v) is 11.4. The number of nitrogens with zero attached hydrogens (tertiary/aromatic N) is 1. The number of nitrogens with two attached hydrogens (primary N) is 1. The minimum atomic E-state index is 0.354. The quantitative estimate of drug-likeness (QED) is 0.786. The third-order valence-corrected chi connectivity index (χ3v) is 3.39. The van der Waals surface area contributed by atoms with E-state index in [1.807, 2.05) is 0 Å². The average molecular weight is 234 g/mol. The second-order valence-corrected chi connectivity index (χ2v) is 4.68. The molecule has 0 heterocycles. The topological polar surface area (TPSA) is 29.3 Å². The summed E-state index contributed by atoms with van der Waals surface area (Å²) < 4.78 is 0. The highest BCUT2D eigenvalue weighted by Gasteiger charge is 2.14. The van der Waals surface area contributed by atoms with E-state index in [1.54, 1.807) is 0 Å². The summed E-state index contributed by atoms with van der Waals surface area (Å²) in [6.45, 7) is 6.21.